The van der Waals surface area contributed by atoms with Gasteiger partial charge >= 0.3 is 0 Å². The maximum absolute atomic E-state index is 5.84. The molecule has 0 radical (unpaired) electrons. The molecule has 2 atom stereocenters. The lowest BCUT2D eigenvalue weighted by molar-refractivity contribution is 0.0821. The summed E-state index contributed by atoms with van der Waals surface area (Å²) in [6, 6.07) is 0.0758. The van der Waals surface area contributed by atoms with Crippen molar-refractivity contribution in [3.05, 3.63) is 11.1 Å². The summed E-state index contributed by atoms with van der Waals surface area (Å²) in [6.07, 6.45) is 3.24. The van der Waals surface area contributed by atoms with Gasteiger partial charge < -0.3 is 15.4 Å². The number of thiazole rings is 1. The second-order valence-electron chi connectivity index (χ2n) is 4.31. The van der Waals surface area contributed by atoms with E-state index in [4.69, 9.17) is 10.5 Å². The Hall–Kier alpha value is -0.650. The highest BCUT2D eigenvalue weighted by molar-refractivity contribution is 7.15. The first-order valence-electron chi connectivity index (χ1n) is 5.74. The zero-order chi connectivity index (χ0) is 11.5. The standard InChI is InChI=1S/C11H19N3OS/c1-8-7-14(4-3-5-15-8)11-13-6-10(16-11)9(2)12/h6,8-9H,3-5,7,12H2,1-2H3. The summed E-state index contributed by atoms with van der Waals surface area (Å²) in [6.45, 7) is 6.90. The summed E-state index contributed by atoms with van der Waals surface area (Å²) in [4.78, 5) is 7.89. The molecule has 1 aliphatic heterocycles. The molecule has 90 valence electrons. The van der Waals surface area contributed by atoms with Crippen LogP contribution in [-0.2, 0) is 4.74 Å². The maximum atomic E-state index is 5.84. The number of aromatic nitrogens is 1. The molecule has 1 aromatic heterocycles. The van der Waals surface area contributed by atoms with Crippen molar-refractivity contribution in [1.82, 2.24) is 4.98 Å². The van der Waals surface area contributed by atoms with Gasteiger partial charge in [-0.2, -0.15) is 0 Å². The van der Waals surface area contributed by atoms with E-state index in [0.29, 0.717) is 0 Å². The zero-order valence-corrected chi connectivity index (χ0v) is 10.7. The topological polar surface area (TPSA) is 51.4 Å². The monoisotopic (exact) mass is 241 g/mol. The highest BCUT2D eigenvalue weighted by Crippen LogP contribution is 2.27. The lowest BCUT2D eigenvalue weighted by atomic mass is 10.3. The predicted molar refractivity (Wildman–Crippen MR) is 67.0 cm³/mol. The summed E-state index contributed by atoms with van der Waals surface area (Å²) in [7, 11) is 0. The van der Waals surface area contributed by atoms with Gasteiger partial charge in [-0.15, -0.1) is 11.3 Å². The van der Waals surface area contributed by atoms with Gasteiger partial charge in [-0.25, -0.2) is 4.98 Å². The quantitative estimate of drug-likeness (QED) is 0.857. The predicted octanol–water partition coefficient (Wildman–Crippen LogP) is 1.78. The van der Waals surface area contributed by atoms with E-state index in [1.165, 1.54) is 0 Å². The number of rotatable bonds is 2. The number of anilines is 1. The Morgan fingerprint density at radius 3 is 3.19 bits per heavy atom. The molecule has 2 rings (SSSR count). The molecule has 1 saturated heterocycles. The Bertz CT molecular complexity index is 340. The van der Waals surface area contributed by atoms with Crippen molar-refractivity contribution >= 4 is 16.5 Å². The molecule has 0 aliphatic carbocycles. The van der Waals surface area contributed by atoms with Gasteiger partial charge in [0.15, 0.2) is 5.13 Å². The number of nitrogens with two attached hydrogens (primary N) is 1. The normalized spacial score (nSPS) is 24.2. The smallest absolute Gasteiger partial charge is 0.185 e. The lowest BCUT2D eigenvalue weighted by Crippen LogP contribution is -2.29. The molecule has 4 nitrogen and oxygen atoms in total. The second-order valence-corrected chi connectivity index (χ2v) is 5.36. The van der Waals surface area contributed by atoms with E-state index in [-0.39, 0.29) is 12.1 Å². The molecular formula is C11H19N3OS. The summed E-state index contributed by atoms with van der Waals surface area (Å²) in [5.74, 6) is 0. The number of nitrogens with zero attached hydrogens (tertiary/aromatic N) is 2. The van der Waals surface area contributed by atoms with Crippen molar-refractivity contribution in [2.45, 2.75) is 32.4 Å². The average molecular weight is 241 g/mol. The third-order valence-corrected chi connectivity index (χ3v) is 3.94. The molecule has 1 aliphatic rings. The SMILES string of the molecule is CC1CN(c2ncc(C(C)N)s2)CCCO1. The van der Waals surface area contributed by atoms with Crippen molar-refractivity contribution < 1.29 is 4.74 Å². The van der Waals surface area contributed by atoms with Gasteiger partial charge in [-0.3, -0.25) is 0 Å². The Balaban J connectivity index is 2.09. The lowest BCUT2D eigenvalue weighted by Gasteiger charge is -2.20. The molecule has 16 heavy (non-hydrogen) atoms. The van der Waals surface area contributed by atoms with Crippen LogP contribution in [0.4, 0.5) is 5.13 Å². The average Bonchev–Trinajstić information content (AvgIpc) is 2.63. The molecule has 2 N–H and O–H groups in total. The maximum Gasteiger partial charge on any atom is 0.185 e. The van der Waals surface area contributed by atoms with E-state index in [2.05, 4.69) is 16.8 Å². The van der Waals surface area contributed by atoms with Gasteiger partial charge in [0.25, 0.3) is 0 Å². The Kier molecular flexibility index (Phi) is 3.78. The summed E-state index contributed by atoms with van der Waals surface area (Å²) in [5.41, 5.74) is 5.84. The van der Waals surface area contributed by atoms with E-state index in [9.17, 15) is 0 Å². The van der Waals surface area contributed by atoms with E-state index in [1.807, 2.05) is 13.1 Å². The minimum atomic E-state index is 0.0758. The molecule has 0 amide bonds. The molecule has 1 fully saturated rings. The minimum Gasteiger partial charge on any atom is -0.377 e. The van der Waals surface area contributed by atoms with Crippen LogP contribution in [0.5, 0.6) is 0 Å². The van der Waals surface area contributed by atoms with Crippen molar-refractivity contribution in [2.75, 3.05) is 24.6 Å². The second kappa shape index (κ2) is 5.12. The van der Waals surface area contributed by atoms with Crippen LogP contribution in [0.1, 0.15) is 31.2 Å². The zero-order valence-electron chi connectivity index (χ0n) is 9.85. The van der Waals surface area contributed by atoms with Crippen molar-refractivity contribution in [2.24, 2.45) is 5.73 Å². The van der Waals surface area contributed by atoms with Crippen LogP contribution >= 0.6 is 11.3 Å². The Morgan fingerprint density at radius 2 is 2.50 bits per heavy atom. The molecule has 0 aromatic carbocycles. The number of ether oxygens (including phenoxy) is 1. The van der Waals surface area contributed by atoms with Crippen molar-refractivity contribution in [1.29, 1.82) is 0 Å². The van der Waals surface area contributed by atoms with E-state index in [0.717, 1.165) is 36.1 Å². The first-order chi connectivity index (χ1) is 7.66. The molecule has 0 bridgehead atoms. The highest BCUT2D eigenvalue weighted by Gasteiger charge is 2.18. The van der Waals surface area contributed by atoms with Gasteiger partial charge in [-0.1, -0.05) is 0 Å². The first-order valence-corrected chi connectivity index (χ1v) is 6.56. The van der Waals surface area contributed by atoms with E-state index >= 15 is 0 Å². The Morgan fingerprint density at radius 1 is 1.69 bits per heavy atom. The van der Waals surface area contributed by atoms with Crippen LogP contribution in [0, 0.1) is 0 Å². The van der Waals surface area contributed by atoms with Crippen molar-refractivity contribution in [3.8, 4) is 0 Å². The molecule has 2 unspecified atom stereocenters. The molecule has 5 heteroatoms. The molecule has 2 heterocycles. The fourth-order valence-electron chi connectivity index (χ4n) is 1.80. The van der Waals surface area contributed by atoms with Crippen LogP contribution in [0.25, 0.3) is 0 Å². The largest absolute Gasteiger partial charge is 0.377 e. The summed E-state index contributed by atoms with van der Waals surface area (Å²) < 4.78 is 5.62. The third kappa shape index (κ3) is 2.72. The van der Waals surface area contributed by atoms with Crippen LogP contribution in [0.15, 0.2) is 6.20 Å². The van der Waals surface area contributed by atoms with Crippen LogP contribution in [-0.4, -0.2) is 30.8 Å². The van der Waals surface area contributed by atoms with Crippen LogP contribution in [0.3, 0.4) is 0 Å². The minimum absolute atomic E-state index is 0.0758. The van der Waals surface area contributed by atoms with Gasteiger partial charge in [0.2, 0.25) is 0 Å². The molecule has 0 saturated carbocycles. The fraction of sp³-hybridized carbons (Fsp3) is 0.727. The fourth-order valence-corrected chi connectivity index (χ4v) is 2.70. The van der Waals surface area contributed by atoms with Gasteiger partial charge in [0, 0.05) is 36.8 Å². The summed E-state index contributed by atoms with van der Waals surface area (Å²) in [5, 5.41) is 1.07. The molecule has 0 spiro atoms. The highest BCUT2D eigenvalue weighted by atomic mass is 32.1. The van der Waals surface area contributed by atoms with E-state index < -0.39 is 0 Å². The number of hydrogen-bond acceptors (Lipinski definition) is 5. The summed E-state index contributed by atoms with van der Waals surface area (Å²) >= 11 is 1.69. The first kappa shape index (κ1) is 11.8. The van der Waals surface area contributed by atoms with Gasteiger partial charge in [0.1, 0.15) is 0 Å². The van der Waals surface area contributed by atoms with E-state index in [1.54, 1.807) is 11.3 Å². The number of hydrogen-bond donors (Lipinski definition) is 1. The molecular weight excluding hydrogens is 222 g/mol. The van der Waals surface area contributed by atoms with Crippen LogP contribution < -0.4 is 10.6 Å². The third-order valence-electron chi connectivity index (χ3n) is 2.68. The molecule has 1 aromatic rings. The van der Waals surface area contributed by atoms with Gasteiger partial charge in [0.05, 0.1) is 6.10 Å². The van der Waals surface area contributed by atoms with Crippen LogP contribution in [0.2, 0.25) is 0 Å². The van der Waals surface area contributed by atoms with Crippen molar-refractivity contribution in [3.63, 3.8) is 0 Å². The Labute approximate surface area is 100 Å². The van der Waals surface area contributed by atoms with Gasteiger partial charge in [-0.05, 0) is 20.3 Å².